The van der Waals surface area contributed by atoms with Gasteiger partial charge < -0.3 is 11.1 Å². The molecule has 0 aliphatic carbocycles. The van der Waals surface area contributed by atoms with Crippen LogP contribution in [0.4, 0.5) is 5.82 Å². The van der Waals surface area contributed by atoms with Gasteiger partial charge in [0.1, 0.15) is 5.82 Å². The van der Waals surface area contributed by atoms with E-state index in [1.165, 1.54) is 6.42 Å². The first kappa shape index (κ1) is 15.3. The number of aryl methyl sites for hydroxylation is 1. The quantitative estimate of drug-likeness (QED) is 0.797. The van der Waals surface area contributed by atoms with E-state index in [1.807, 2.05) is 18.0 Å². The highest BCUT2D eigenvalue weighted by molar-refractivity contribution is 7.99. The van der Waals surface area contributed by atoms with Crippen molar-refractivity contribution in [2.45, 2.75) is 45.4 Å². The maximum atomic E-state index is 6.00. The van der Waals surface area contributed by atoms with Crippen LogP contribution in [-0.4, -0.2) is 22.5 Å². The summed E-state index contributed by atoms with van der Waals surface area (Å²) in [5.74, 6) is 1.69. The van der Waals surface area contributed by atoms with Gasteiger partial charge in [-0.15, -0.1) is 0 Å². The number of hydrogen-bond acceptors (Lipinski definition) is 4. The van der Waals surface area contributed by atoms with Gasteiger partial charge in [0.05, 0.1) is 0 Å². The molecule has 0 spiro atoms. The molecule has 0 saturated carbocycles. The van der Waals surface area contributed by atoms with E-state index in [-0.39, 0.29) is 0 Å². The van der Waals surface area contributed by atoms with Crippen molar-refractivity contribution in [3.63, 3.8) is 0 Å². The van der Waals surface area contributed by atoms with E-state index in [2.05, 4.69) is 44.1 Å². The molecule has 2 atom stereocenters. The van der Waals surface area contributed by atoms with Gasteiger partial charge in [0.2, 0.25) is 0 Å². The second kappa shape index (κ2) is 7.64. The summed E-state index contributed by atoms with van der Waals surface area (Å²) in [6, 6.07) is 2.44. The molecule has 0 aromatic carbocycles. The third-order valence-electron chi connectivity index (χ3n) is 3.03. The average Bonchev–Trinajstić information content (AvgIpc) is 2.37. The fourth-order valence-corrected chi connectivity index (χ4v) is 2.82. The Labute approximate surface area is 115 Å². The monoisotopic (exact) mass is 267 g/mol. The van der Waals surface area contributed by atoms with Crippen LogP contribution in [0.25, 0.3) is 0 Å². The van der Waals surface area contributed by atoms with Crippen molar-refractivity contribution in [3.8, 4) is 0 Å². The van der Waals surface area contributed by atoms with Crippen molar-refractivity contribution in [2.24, 2.45) is 0 Å². The molecule has 0 bridgehead atoms. The molecule has 0 amide bonds. The first-order chi connectivity index (χ1) is 8.58. The summed E-state index contributed by atoms with van der Waals surface area (Å²) in [5, 5.41) is 4.19. The summed E-state index contributed by atoms with van der Waals surface area (Å²) in [7, 11) is 0. The van der Waals surface area contributed by atoms with Crippen LogP contribution in [0.5, 0.6) is 0 Å². The minimum Gasteiger partial charge on any atom is -0.383 e. The van der Waals surface area contributed by atoms with Crippen molar-refractivity contribution in [3.05, 3.63) is 23.4 Å². The summed E-state index contributed by atoms with van der Waals surface area (Å²) < 4.78 is 0. The summed E-state index contributed by atoms with van der Waals surface area (Å²) in [5.41, 5.74) is 8.29. The van der Waals surface area contributed by atoms with E-state index in [0.717, 1.165) is 23.4 Å². The van der Waals surface area contributed by atoms with Crippen LogP contribution in [0.15, 0.2) is 12.3 Å². The lowest BCUT2D eigenvalue weighted by molar-refractivity contribution is 0.604. The second-order valence-electron chi connectivity index (χ2n) is 4.65. The molecular formula is C14H25N3S. The fraction of sp³-hybridized carbons (Fsp3) is 0.643. The molecule has 102 valence electrons. The maximum absolute atomic E-state index is 6.00. The third-order valence-corrected chi connectivity index (χ3v) is 4.46. The van der Waals surface area contributed by atoms with Gasteiger partial charge >= 0.3 is 0 Å². The molecule has 18 heavy (non-hydrogen) atoms. The van der Waals surface area contributed by atoms with Crippen LogP contribution < -0.4 is 11.1 Å². The van der Waals surface area contributed by atoms with E-state index < -0.39 is 0 Å². The van der Waals surface area contributed by atoms with Crippen molar-refractivity contribution < 1.29 is 0 Å². The molecule has 2 unspecified atom stereocenters. The first-order valence-electron chi connectivity index (χ1n) is 6.65. The molecule has 0 saturated heterocycles. The normalized spacial score (nSPS) is 14.4. The Morgan fingerprint density at radius 2 is 2.17 bits per heavy atom. The third kappa shape index (κ3) is 4.50. The highest BCUT2D eigenvalue weighted by atomic mass is 32.2. The van der Waals surface area contributed by atoms with Gasteiger partial charge in [-0.2, -0.15) is 11.8 Å². The van der Waals surface area contributed by atoms with Crippen LogP contribution in [0.1, 0.15) is 44.4 Å². The molecule has 0 fully saturated rings. The van der Waals surface area contributed by atoms with E-state index in [9.17, 15) is 0 Å². The van der Waals surface area contributed by atoms with Crippen LogP contribution in [0, 0.1) is 6.92 Å². The van der Waals surface area contributed by atoms with E-state index in [1.54, 1.807) is 0 Å². The van der Waals surface area contributed by atoms with Crippen molar-refractivity contribution in [1.29, 1.82) is 0 Å². The molecule has 1 heterocycles. The minimum atomic E-state index is 0.293. The number of nitrogens with one attached hydrogen (secondary N) is 1. The fourth-order valence-electron chi connectivity index (χ4n) is 1.76. The summed E-state index contributed by atoms with van der Waals surface area (Å²) in [4.78, 5) is 4.26. The molecule has 0 aliphatic rings. The zero-order valence-corrected chi connectivity index (χ0v) is 12.7. The van der Waals surface area contributed by atoms with Gasteiger partial charge in [-0.25, -0.2) is 4.98 Å². The first-order valence-corrected chi connectivity index (χ1v) is 7.70. The lowest BCUT2D eigenvalue weighted by Gasteiger charge is -2.21. The Morgan fingerprint density at radius 1 is 1.44 bits per heavy atom. The second-order valence-corrected chi connectivity index (χ2v) is 6.12. The molecule has 3 N–H and O–H groups in total. The van der Waals surface area contributed by atoms with E-state index in [0.29, 0.717) is 17.1 Å². The number of anilines is 1. The SMILES string of the molecule is CCNC(CSC(C)CC)c1cc(C)cnc1N. The highest BCUT2D eigenvalue weighted by Crippen LogP contribution is 2.26. The number of nitrogens with zero attached hydrogens (tertiary/aromatic N) is 1. The molecule has 0 aliphatic heterocycles. The molecule has 1 aromatic heterocycles. The number of hydrogen-bond donors (Lipinski definition) is 2. The summed E-state index contributed by atoms with van der Waals surface area (Å²) in [6.45, 7) is 9.62. The Morgan fingerprint density at radius 3 is 2.78 bits per heavy atom. The minimum absolute atomic E-state index is 0.293. The maximum Gasteiger partial charge on any atom is 0.128 e. The van der Waals surface area contributed by atoms with Gasteiger partial charge in [0.15, 0.2) is 0 Å². The van der Waals surface area contributed by atoms with Gasteiger partial charge in [0, 0.05) is 28.8 Å². The Kier molecular flexibility index (Phi) is 6.50. The highest BCUT2D eigenvalue weighted by Gasteiger charge is 2.15. The van der Waals surface area contributed by atoms with Crippen LogP contribution in [0.3, 0.4) is 0 Å². The Bertz CT molecular complexity index is 368. The average molecular weight is 267 g/mol. The molecule has 1 aromatic rings. The van der Waals surface area contributed by atoms with Crippen LogP contribution in [0.2, 0.25) is 0 Å². The smallest absolute Gasteiger partial charge is 0.128 e. The van der Waals surface area contributed by atoms with E-state index in [4.69, 9.17) is 5.73 Å². The van der Waals surface area contributed by atoms with Crippen molar-refractivity contribution in [1.82, 2.24) is 10.3 Å². The summed E-state index contributed by atoms with van der Waals surface area (Å²) >= 11 is 1.99. The standard InChI is InChI=1S/C14H25N3S/c1-5-11(4)18-9-13(16-6-2)12-7-10(3)8-17-14(12)15/h7-8,11,13,16H,5-6,9H2,1-4H3,(H2,15,17). The number of nitrogen functional groups attached to an aromatic ring is 1. The number of pyridine rings is 1. The predicted molar refractivity (Wildman–Crippen MR) is 82.0 cm³/mol. The predicted octanol–water partition coefficient (Wildman–Crippen LogP) is 3.15. The Balaban J connectivity index is 2.79. The lowest BCUT2D eigenvalue weighted by atomic mass is 10.1. The van der Waals surface area contributed by atoms with Crippen LogP contribution in [-0.2, 0) is 0 Å². The molecular weight excluding hydrogens is 242 g/mol. The zero-order valence-electron chi connectivity index (χ0n) is 11.9. The largest absolute Gasteiger partial charge is 0.383 e. The molecule has 4 heteroatoms. The summed E-state index contributed by atoms with van der Waals surface area (Å²) in [6.07, 6.45) is 3.02. The number of thioether (sulfide) groups is 1. The van der Waals surface area contributed by atoms with Crippen LogP contribution >= 0.6 is 11.8 Å². The van der Waals surface area contributed by atoms with Gasteiger partial charge in [0.25, 0.3) is 0 Å². The molecule has 1 rings (SSSR count). The van der Waals surface area contributed by atoms with Gasteiger partial charge in [-0.3, -0.25) is 0 Å². The van der Waals surface area contributed by atoms with Crippen molar-refractivity contribution >= 4 is 17.6 Å². The van der Waals surface area contributed by atoms with Gasteiger partial charge in [-0.1, -0.05) is 20.8 Å². The van der Waals surface area contributed by atoms with Gasteiger partial charge in [-0.05, 0) is 31.5 Å². The number of nitrogens with two attached hydrogens (primary N) is 1. The lowest BCUT2D eigenvalue weighted by Crippen LogP contribution is -2.25. The molecule has 0 radical (unpaired) electrons. The number of aromatic nitrogens is 1. The van der Waals surface area contributed by atoms with Crippen molar-refractivity contribution in [2.75, 3.05) is 18.0 Å². The zero-order chi connectivity index (χ0) is 13.5. The topological polar surface area (TPSA) is 50.9 Å². The van der Waals surface area contributed by atoms with E-state index >= 15 is 0 Å². The number of rotatable bonds is 7. The molecule has 3 nitrogen and oxygen atoms in total. The Hall–Kier alpha value is -0.740.